The van der Waals surface area contributed by atoms with Crippen molar-refractivity contribution in [2.24, 2.45) is 6.98 Å². The zero-order chi connectivity index (χ0) is 11.6. The second kappa shape index (κ2) is 3.53. The van der Waals surface area contributed by atoms with Crippen LogP contribution in [0.15, 0.2) is 12.4 Å². The SMILES string of the molecule is [2H][13C]([2H])([2H])n1ccn(C(=O)OCC)c1=S. The molecule has 0 amide bonds. The van der Waals surface area contributed by atoms with Crippen molar-refractivity contribution >= 4 is 18.3 Å². The summed E-state index contributed by atoms with van der Waals surface area (Å²) in [7, 11) is 0. The summed E-state index contributed by atoms with van der Waals surface area (Å²) in [6.07, 6.45) is 1.82. The van der Waals surface area contributed by atoms with Gasteiger partial charge in [-0.05, 0) is 19.1 Å². The highest BCUT2D eigenvalue weighted by atomic mass is 32.1. The van der Waals surface area contributed by atoms with Crippen LogP contribution in [0.5, 0.6) is 0 Å². The van der Waals surface area contributed by atoms with E-state index in [9.17, 15) is 4.79 Å². The number of hydrogen-bond donors (Lipinski definition) is 0. The third-order valence-corrected chi connectivity index (χ3v) is 1.63. The van der Waals surface area contributed by atoms with Crippen LogP contribution in [0.1, 0.15) is 11.0 Å². The molecule has 0 atom stereocenters. The lowest BCUT2D eigenvalue weighted by Gasteiger charge is -2.00. The van der Waals surface area contributed by atoms with Crippen LogP contribution in [0.3, 0.4) is 0 Å². The number of imidazole rings is 1. The molecular formula is C7H10N2O2S. The topological polar surface area (TPSA) is 36.2 Å². The van der Waals surface area contributed by atoms with E-state index in [0.29, 0.717) is 0 Å². The number of carbonyl (C=O) groups is 1. The first-order valence-corrected chi connectivity index (χ1v) is 3.76. The van der Waals surface area contributed by atoms with Gasteiger partial charge in [-0.2, -0.15) is 0 Å². The number of ether oxygens (including phenoxy) is 1. The fourth-order valence-corrected chi connectivity index (χ4v) is 0.905. The number of carbonyl (C=O) groups excluding carboxylic acids is 1. The molecule has 0 aromatic carbocycles. The maximum absolute atomic E-state index is 11.3. The van der Waals surface area contributed by atoms with E-state index in [1.807, 2.05) is 0 Å². The second-order valence-corrected chi connectivity index (χ2v) is 2.38. The zero-order valence-electron chi connectivity index (χ0n) is 9.48. The average Bonchev–Trinajstić information content (AvgIpc) is 2.46. The number of aromatic nitrogens is 2. The van der Waals surface area contributed by atoms with Crippen molar-refractivity contribution in [3.63, 3.8) is 0 Å². The maximum atomic E-state index is 11.3. The molecular weight excluding hydrogens is 177 g/mol. The molecule has 12 heavy (non-hydrogen) atoms. The molecule has 1 rings (SSSR count). The highest BCUT2D eigenvalue weighted by Gasteiger charge is 2.05. The van der Waals surface area contributed by atoms with Crippen LogP contribution in [0, 0.1) is 4.77 Å². The van der Waals surface area contributed by atoms with Gasteiger partial charge in [0, 0.05) is 23.5 Å². The molecule has 0 radical (unpaired) electrons. The van der Waals surface area contributed by atoms with Gasteiger partial charge in [0.05, 0.1) is 6.61 Å². The molecule has 0 aliphatic rings. The molecule has 0 N–H and O–H groups in total. The summed E-state index contributed by atoms with van der Waals surface area (Å²) in [6.45, 7) is -0.517. The van der Waals surface area contributed by atoms with Crippen molar-refractivity contribution in [2.75, 3.05) is 6.61 Å². The third-order valence-electron chi connectivity index (χ3n) is 1.24. The molecule has 0 spiro atoms. The Kier molecular flexibility index (Phi) is 1.63. The van der Waals surface area contributed by atoms with Crippen LogP contribution in [0.2, 0.25) is 0 Å². The predicted octanol–water partition coefficient (Wildman–Crippen LogP) is 1.56. The lowest BCUT2D eigenvalue weighted by Crippen LogP contribution is -2.13. The second-order valence-electron chi connectivity index (χ2n) is 2.02. The van der Waals surface area contributed by atoms with E-state index in [4.69, 9.17) is 21.1 Å². The van der Waals surface area contributed by atoms with Gasteiger partial charge in [-0.3, -0.25) is 0 Å². The normalized spacial score (nSPS) is 14.6. The Hall–Kier alpha value is -1.10. The lowest BCUT2D eigenvalue weighted by molar-refractivity contribution is 0.153. The number of aryl methyl sites for hydroxylation is 1. The fraction of sp³-hybridized carbons (Fsp3) is 0.429. The minimum Gasteiger partial charge on any atom is -0.449 e. The first-order valence-electron chi connectivity index (χ1n) is 4.85. The fourth-order valence-electron chi connectivity index (χ4n) is 0.709. The Morgan fingerprint density at radius 3 is 3.08 bits per heavy atom. The van der Waals surface area contributed by atoms with Crippen molar-refractivity contribution < 1.29 is 13.6 Å². The van der Waals surface area contributed by atoms with E-state index in [0.717, 1.165) is 9.13 Å². The van der Waals surface area contributed by atoms with Crippen LogP contribution in [-0.2, 0) is 11.7 Å². The van der Waals surface area contributed by atoms with Crippen LogP contribution in [0.25, 0.3) is 0 Å². The monoisotopic (exact) mass is 190 g/mol. The summed E-state index contributed by atoms with van der Waals surface area (Å²) in [5.41, 5.74) is 0. The van der Waals surface area contributed by atoms with E-state index in [-0.39, 0.29) is 11.4 Å². The summed E-state index contributed by atoms with van der Waals surface area (Å²) >= 11 is 4.83. The summed E-state index contributed by atoms with van der Waals surface area (Å²) in [5, 5.41) is 0. The van der Waals surface area contributed by atoms with E-state index < -0.39 is 13.1 Å². The molecule has 0 saturated heterocycles. The van der Waals surface area contributed by atoms with Gasteiger partial charge in [-0.1, -0.05) is 0 Å². The van der Waals surface area contributed by atoms with Gasteiger partial charge in [0.2, 0.25) is 0 Å². The Labute approximate surface area is 79.6 Å². The van der Waals surface area contributed by atoms with Crippen molar-refractivity contribution in [1.82, 2.24) is 9.13 Å². The zero-order valence-corrected chi connectivity index (χ0v) is 7.30. The quantitative estimate of drug-likeness (QED) is 0.498. The molecule has 0 saturated carbocycles. The minimum absolute atomic E-state index is 0.103. The van der Waals surface area contributed by atoms with E-state index in [2.05, 4.69) is 0 Å². The van der Waals surface area contributed by atoms with Crippen molar-refractivity contribution in [1.29, 1.82) is 0 Å². The van der Waals surface area contributed by atoms with Crippen LogP contribution < -0.4 is 0 Å². The number of hydrogen-bond acceptors (Lipinski definition) is 3. The molecule has 1 aromatic heterocycles. The van der Waals surface area contributed by atoms with Gasteiger partial charge in [0.1, 0.15) is 0 Å². The molecule has 0 unspecified atom stereocenters. The van der Waals surface area contributed by atoms with Crippen molar-refractivity contribution in [2.45, 2.75) is 6.92 Å². The molecule has 0 fully saturated rings. The first kappa shape index (κ1) is 5.53. The van der Waals surface area contributed by atoms with Gasteiger partial charge in [-0.15, -0.1) is 0 Å². The third kappa shape index (κ3) is 1.55. The Bertz CT molecular complexity index is 421. The Balaban J connectivity index is 3.11. The molecule has 4 nitrogen and oxygen atoms in total. The van der Waals surface area contributed by atoms with Gasteiger partial charge < -0.3 is 9.30 Å². The largest absolute Gasteiger partial charge is 0.449 e. The highest BCUT2D eigenvalue weighted by molar-refractivity contribution is 7.71. The highest BCUT2D eigenvalue weighted by Crippen LogP contribution is 1.96. The van der Waals surface area contributed by atoms with Gasteiger partial charge in [-0.25, -0.2) is 9.36 Å². The van der Waals surface area contributed by atoms with E-state index in [1.165, 1.54) is 12.4 Å². The molecule has 1 heterocycles. The van der Waals surface area contributed by atoms with Gasteiger partial charge >= 0.3 is 6.09 Å². The van der Waals surface area contributed by atoms with Crippen LogP contribution in [0.4, 0.5) is 4.79 Å². The average molecular weight is 190 g/mol. The molecule has 0 aliphatic heterocycles. The molecule has 0 bridgehead atoms. The van der Waals surface area contributed by atoms with E-state index in [1.54, 1.807) is 6.92 Å². The lowest BCUT2D eigenvalue weighted by atomic mass is 10.8. The van der Waals surface area contributed by atoms with Crippen LogP contribution in [-0.4, -0.2) is 21.8 Å². The smallest absolute Gasteiger partial charge is 0.420 e. The number of nitrogens with zero attached hydrogens (tertiary/aromatic N) is 2. The Morgan fingerprint density at radius 1 is 1.83 bits per heavy atom. The minimum atomic E-state index is -2.38. The molecule has 1 aromatic rings. The first-order chi connectivity index (χ1) is 6.88. The summed E-state index contributed by atoms with van der Waals surface area (Å²) in [6, 6.07) is 0. The number of rotatable bonds is 1. The van der Waals surface area contributed by atoms with Crippen LogP contribution >= 0.6 is 12.2 Å². The van der Waals surface area contributed by atoms with Gasteiger partial charge in [0.15, 0.2) is 4.77 Å². The molecule has 5 heteroatoms. The van der Waals surface area contributed by atoms with Crippen molar-refractivity contribution in [3.05, 3.63) is 17.2 Å². The maximum Gasteiger partial charge on any atom is 0.420 e. The summed E-state index contributed by atoms with van der Waals surface area (Å²) in [4.78, 5) is 11.3. The van der Waals surface area contributed by atoms with Gasteiger partial charge in [0.25, 0.3) is 0 Å². The summed E-state index contributed by atoms with van der Waals surface area (Å²) < 4.78 is 27.8. The molecule has 66 valence electrons. The molecule has 0 aliphatic carbocycles. The van der Waals surface area contributed by atoms with E-state index >= 15 is 0 Å². The van der Waals surface area contributed by atoms with Crippen molar-refractivity contribution in [3.8, 4) is 0 Å². The standard InChI is InChI=1S/C7H10N2O2S/c1-3-11-7(10)9-5-4-8(2)6(9)12/h4-5H,3H2,1-2H3/i2+1D3. The Morgan fingerprint density at radius 2 is 2.58 bits per heavy atom. The summed E-state index contributed by atoms with van der Waals surface area (Å²) in [5.74, 6) is 0. The predicted molar refractivity (Wildman–Crippen MR) is 46.7 cm³/mol.